The molecular weight excluding hydrogens is 208 g/mol. The minimum Gasteiger partial charge on any atom is -0.325 e. The molecule has 0 aliphatic heterocycles. The summed E-state index contributed by atoms with van der Waals surface area (Å²) < 4.78 is 2.42. The third-order valence-corrected chi connectivity index (χ3v) is 3.45. The lowest BCUT2D eigenvalue weighted by Gasteiger charge is -2.15. The van der Waals surface area contributed by atoms with Gasteiger partial charge < -0.3 is 4.57 Å². The van der Waals surface area contributed by atoms with Gasteiger partial charge in [0.25, 0.3) is 0 Å². The van der Waals surface area contributed by atoms with Gasteiger partial charge in [-0.15, -0.1) is 0 Å². The summed E-state index contributed by atoms with van der Waals surface area (Å²) in [6, 6.07) is 9.01. The first-order valence-electron chi connectivity index (χ1n) is 6.73. The van der Waals surface area contributed by atoms with Crippen molar-refractivity contribution in [3.8, 4) is 0 Å². The first kappa shape index (κ1) is 12.2. The topological polar surface area (TPSA) is 17.8 Å². The van der Waals surface area contributed by atoms with Gasteiger partial charge >= 0.3 is 0 Å². The standard InChI is InChI=1S/C15H22N2/c1-4-6-11-15-16-13-9-7-8-10-14(13)17(15)12(3)5-2/h7-10,12H,4-6,11H2,1-3H3/t12-/m0/s1. The Balaban J connectivity index is 2.49. The van der Waals surface area contributed by atoms with Crippen LogP contribution in [0.2, 0.25) is 0 Å². The van der Waals surface area contributed by atoms with Crippen molar-refractivity contribution in [3.05, 3.63) is 30.1 Å². The average Bonchev–Trinajstić information content (AvgIpc) is 2.73. The van der Waals surface area contributed by atoms with Crippen LogP contribution in [0.25, 0.3) is 11.0 Å². The molecule has 1 heterocycles. The van der Waals surface area contributed by atoms with Gasteiger partial charge in [-0.3, -0.25) is 0 Å². The number of benzene rings is 1. The molecular formula is C15H22N2. The molecule has 2 rings (SSSR count). The first-order valence-corrected chi connectivity index (χ1v) is 6.73. The van der Waals surface area contributed by atoms with Gasteiger partial charge in [-0.05, 0) is 31.9 Å². The van der Waals surface area contributed by atoms with Gasteiger partial charge in [0.15, 0.2) is 0 Å². The Hall–Kier alpha value is -1.31. The van der Waals surface area contributed by atoms with Crippen molar-refractivity contribution < 1.29 is 0 Å². The van der Waals surface area contributed by atoms with Crippen molar-refractivity contribution in [1.29, 1.82) is 0 Å². The van der Waals surface area contributed by atoms with Crippen molar-refractivity contribution >= 4 is 11.0 Å². The summed E-state index contributed by atoms with van der Waals surface area (Å²) in [5, 5.41) is 0. The third kappa shape index (κ3) is 2.36. The van der Waals surface area contributed by atoms with Gasteiger partial charge in [0, 0.05) is 12.5 Å². The van der Waals surface area contributed by atoms with Crippen LogP contribution in [0.15, 0.2) is 24.3 Å². The number of aromatic nitrogens is 2. The summed E-state index contributed by atoms with van der Waals surface area (Å²) in [4.78, 5) is 4.78. The van der Waals surface area contributed by atoms with Crippen LogP contribution in [0, 0.1) is 0 Å². The molecule has 0 bridgehead atoms. The first-order chi connectivity index (χ1) is 8.27. The van der Waals surface area contributed by atoms with E-state index in [9.17, 15) is 0 Å². The van der Waals surface area contributed by atoms with Crippen LogP contribution in [-0.4, -0.2) is 9.55 Å². The molecule has 2 aromatic rings. The molecule has 0 amide bonds. The summed E-state index contributed by atoms with van der Waals surface area (Å²) in [6.07, 6.45) is 4.69. The molecule has 0 N–H and O–H groups in total. The zero-order valence-electron chi connectivity index (χ0n) is 11.1. The normalized spacial score (nSPS) is 13.1. The number of nitrogens with zero attached hydrogens (tertiary/aromatic N) is 2. The highest BCUT2D eigenvalue weighted by atomic mass is 15.1. The smallest absolute Gasteiger partial charge is 0.110 e. The van der Waals surface area contributed by atoms with Gasteiger partial charge in [-0.2, -0.15) is 0 Å². The molecule has 0 unspecified atom stereocenters. The van der Waals surface area contributed by atoms with Crippen molar-refractivity contribution in [3.63, 3.8) is 0 Å². The fourth-order valence-electron chi connectivity index (χ4n) is 2.28. The van der Waals surface area contributed by atoms with Crippen LogP contribution >= 0.6 is 0 Å². The highest BCUT2D eigenvalue weighted by molar-refractivity contribution is 5.76. The lowest BCUT2D eigenvalue weighted by atomic mass is 10.2. The monoisotopic (exact) mass is 230 g/mol. The Bertz CT molecular complexity index is 485. The SMILES string of the molecule is CCCCc1nc2ccccc2n1[C@@H](C)CC. The van der Waals surface area contributed by atoms with E-state index in [1.807, 2.05) is 0 Å². The molecule has 1 aromatic heterocycles. The molecule has 0 spiro atoms. The zero-order valence-corrected chi connectivity index (χ0v) is 11.1. The fraction of sp³-hybridized carbons (Fsp3) is 0.533. The van der Waals surface area contributed by atoms with Gasteiger partial charge in [0.1, 0.15) is 5.82 Å². The zero-order chi connectivity index (χ0) is 12.3. The Morgan fingerprint density at radius 3 is 2.71 bits per heavy atom. The van der Waals surface area contributed by atoms with Crippen LogP contribution in [-0.2, 0) is 6.42 Å². The highest BCUT2D eigenvalue weighted by Gasteiger charge is 2.13. The van der Waals surface area contributed by atoms with Gasteiger partial charge in [-0.1, -0.05) is 32.4 Å². The fourth-order valence-corrected chi connectivity index (χ4v) is 2.28. The summed E-state index contributed by atoms with van der Waals surface area (Å²) in [5.41, 5.74) is 2.42. The van der Waals surface area contributed by atoms with Crippen molar-refractivity contribution in [2.75, 3.05) is 0 Å². The summed E-state index contributed by atoms with van der Waals surface area (Å²) in [7, 11) is 0. The van der Waals surface area contributed by atoms with Crippen LogP contribution in [0.3, 0.4) is 0 Å². The van der Waals surface area contributed by atoms with Gasteiger partial charge in [0.2, 0.25) is 0 Å². The number of aryl methyl sites for hydroxylation is 1. The maximum absolute atomic E-state index is 4.78. The maximum atomic E-state index is 4.78. The lowest BCUT2D eigenvalue weighted by molar-refractivity contribution is 0.517. The molecule has 0 aliphatic carbocycles. The molecule has 0 saturated carbocycles. The van der Waals surface area contributed by atoms with E-state index < -0.39 is 0 Å². The molecule has 17 heavy (non-hydrogen) atoms. The number of para-hydroxylation sites is 2. The largest absolute Gasteiger partial charge is 0.325 e. The minimum absolute atomic E-state index is 0.536. The quantitative estimate of drug-likeness (QED) is 0.746. The van der Waals surface area contributed by atoms with E-state index >= 15 is 0 Å². The molecule has 0 radical (unpaired) electrons. The van der Waals surface area contributed by atoms with Crippen molar-refractivity contribution in [2.24, 2.45) is 0 Å². The van der Waals surface area contributed by atoms with E-state index in [0.29, 0.717) is 6.04 Å². The number of imidazole rings is 1. The summed E-state index contributed by atoms with van der Waals surface area (Å²) >= 11 is 0. The van der Waals surface area contributed by atoms with Crippen LogP contribution in [0.1, 0.15) is 51.9 Å². The molecule has 0 aliphatic rings. The van der Waals surface area contributed by atoms with E-state index in [1.54, 1.807) is 0 Å². The number of unbranched alkanes of at least 4 members (excludes halogenated alkanes) is 1. The van der Waals surface area contributed by atoms with E-state index in [4.69, 9.17) is 4.98 Å². The summed E-state index contributed by atoms with van der Waals surface area (Å²) in [6.45, 7) is 6.75. The Kier molecular flexibility index (Phi) is 3.82. The Labute approximate surface area is 104 Å². The molecule has 0 fully saturated rings. The molecule has 1 atom stereocenters. The number of hydrogen-bond acceptors (Lipinski definition) is 1. The third-order valence-electron chi connectivity index (χ3n) is 3.45. The predicted molar refractivity (Wildman–Crippen MR) is 73.3 cm³/mol. The number of rotatable bonds is 5. The molecule has 2 heteroatoms. The van der Waals surface area contributed by atoms with Gasteiger partial charge in [0.05, 0.1) is 11.0 Å². The second kappa shape index (κ2) is 5.35. The van der Waals surface area contributed by atoms with E-state index in [1.165, 1.54) is 24.2 Å². The molecule has 1 aromatic carbocycles. The van der Waals surface area contributed by atoms with Crippen molar-refractivity contribution in [1.82, 2.24) is 9.55 Å². The molecule has 92 valence electrons. The van der Waals surface area contributed by atoms with E-state index in [-0.39, 0.29) is 0 Å². The number of fused-ring (bicyclic) bond motifs is 1. The van der Waals surface area contributed by atoms with Crippen LogP contribution in [0.5, 0.6) is 0 Å². The highest BCUT2D eigenvalue weighted by Crippen LogP contribution is 2.23. The van der Waals surface area contributed by atoms with Gasteiger partial charge in [-0.25, -0.2) is 4.98 Å². The predicted octanol–water partition coefficient (Wildman–Crippen LogP) is 4.35. The van der Waals surface area contributed by atoms with E-state index in [2.05, 4.69) is 49.6 Å². The number of hydrogen-bond donors (Lipinski definition) is 0. The maximum Gasteiger partial charge on any atom is 0.110 e. The second-order valence-corrected chi connectivity index (χ2v) is 4.75. The minimum atomic E-state index is 0.536. The molecule has 0 saturated heterocycles. The lowest BCUT2D eigenvalue weighted by Crippen LogP contribution is -2.08. The second-order valence-electron chi connectivity index (χ2n) is 4.75. The Morgan fingerprint density at radius 2 is 2.00 bits per heavy atom. The van der Waals surface area contributed by atoms with E-state index in [0.717, 1.165) is 18.4 Å². The van der Waals surface area contributed by atoms with Crippen molar-refractivity contribution in [2.45, 2.75) is 52.5 Å². The van der Waals surface area contributed by atoms with Crippen LogP contribution < -0.4 is 0 Å². The molecule has 2 nitrogen and oxygen atoms in total. The Morgan fingerprint density at radius 1 is 1.24 bits per heavy atom. The van der Waals surface area contributed by atoms with Crippen LogP contribution in [0.4, 0.5) is 0 Å². The average molecular weight is 230 g/mol. The summed E-state index contributed by atoms with van der Waals surface area (Å²) in [5.74, 6) is 1.25.